The summed E-state index contributed by atoms with van der Waals surface area (Å²) >= 11 is 0. The van der Waals surface area contributed by atoms with Gasteiger partial charge in [0, 0.05) is 0 Å². The lowest BCUT2D eigenvalue weighted by Gasteiger charge is -2.18. The van der Waals surface area contributed by atoms with E-state index < -0.39 is 5.60 Å². The summed E-state index contributed by atoms with van der Waals surface area (Å²) in [5.41, 5.74) is 0.603. The zero-order valence-electron chi connectivity index (χ0n) is 7.42. The van der Waals surface area contributed by atoms with Gasteiger partial charge in [0.2, 0.25) is 0 Å². The highest BCUT2D eigenvalue weighted by atomic mass is 16.5. The number of hydrogen-bond donors (Lipinski definition) is 0. The second kappa shape index (κ2) is 3.72. The van der Waals surface area contributed by atoms with Crippen LogP contribution in [0.4, 0.5) is 0 Å². The highest BCUT2D eigenvalue weighted by molar-refractivity contribution is 5.13. The van der Waals surface area contributed by atoms with E-state index in [1.165, 1.54) is 0 Å². The van der Waals surface area contributed by atoms with Crippen LogP contribution in [0.1, 0.15) is 12.5 Å². The Bertz CT molecular complexity index is 221. The monoisotopic (exact) mass is 162 g/mol. The van der Waals surface area contributed by atoms with Crippen LogP contribution in [0.2, 0.25) is 0 Å². The Kier molecular flexibility index (Phi) is 2.88. The fourth-order valence-electron chi connectivity index (χ4n) is 0.832. The first-order valence-electron chi connectivity index (χ1n) is 3.96. The van der Waals surface area contributed by atoms with Crippen molar-refractivity contribution in [3.63, 3.8) is 0 Å². The molecule has 0 heterocycles. The molecule has 0 aliphatic rings. The molecule has 0 saturated carbocycles. The van der Waals surface area contributed by atoms with Crippen molar-refractivity contribution >= 4 is 0 Å². The van der Waals surface area contributed by atoms with Gasteiger partial charge in [0.05, 0.1) is 12.2 Å². The maximum atomic E-state index is 5.39. The first-order chi connectivity index (χ1) is 5.58. The molecule has 0 saturated heterocycles. The van der Waals surface area contributed by atoms with E-state index in [4.69, 9.17) is 4.74 Å². The molecular weight excluding hydrogens is 148 g/mol. The number of ether oxygens (including phenoxy) is 1. The van der Waals surface area contributed by atoms with Crippen LogP contribution in [0.5, 0.6) is 0 Å². The predicted molar refractivity (Wildman–Crippen MR) is 50.4 cm³/mol. The predicted octanol–water partition coefficient (Wildman–Crippen LogP) is 2.63. The maximum Gasteiger partial charge on any atom is 0.0724 e. The van der Waals surface area contributed by atoms with Crippen molar-refractivity contribution in [2.45, 2.75) is 19.1 Å². The average molecular weight is 162 g/mol. The van der Waals surface area contributed by atoms with E-state index in [-0.39, 0.29) is 0 Å². The maximum absolute atomic E-state index is 5.39. The third-order valence-corrected chi connectivity index (χ3v) is 1.43. The van der Waals surface area contributed by atoms with Gasteiger partial charge in [-0.25, -0.2) is 0 Å². The minimum absolute atomic E-state index is 0.546. The van der Waals surface area contributed by atoms with E-state index in [0.29, 0.717) is 6.61 Å². The van der Waals surface area contributed by atoms with E-state index in [2.05, 4.69) is 13.8 Å². The van der Waals surface area contributed by atoms with Gasteiger partial charge >= 0.3 is 0 Å². The molecule has 0 aromatic heterocycles. The fourth-order valence-corrected chi connectivity index (χ4v) is 0.832. The van der Waals surface area contributed by atoms with Crippen molar-refractivity contribution in [1.82, 2.24) is 0 Å². The molecule has 1 nitrogen and oxygen atoms in total. The summed E-state index contributed by atoms with van der Waals surface area (Å²) in [7, 11) is 0. The van der Waals surface area contributed by atoms with E-state index in [9.17, 15) is 0 Å². The van der Waals surface area contributed by atoms with Gasteiger partial charge in [-0.05, 0) is 26.3 Å². The summed E-state index contributed by atoms with van der Waals surface area (Å²) in [6.07, 6.45) is 0. The molecule has 0 spiro atoms. The Morgan fingerprint density at radius 2 is 1.83 bits per heavy atom. The van der Waals surface area contributed by atoms with Crippen molar-refractivity contribution in [2.24, 2.45) is 0 Å². The topological polar surface area (TPSA) is 9.23 Å². The Labute approximate surface area is 74.4 Å². The van der Waals surface area contributed by atoms with Crippen LogP contribution in [0, 0.1) is 13.8 Å². The van der Waals surface area contributed by atoms with Crippen molar-refractivity contribution < 1.29 is 4.74 Å². The quantitative estimate of drug-likeness (QED) is 0.664. The molecule has 0 bridgehead atoms. The van der Waals surface area contributed by atoms with Crippen LogP contribution in [-0.2, 0) is 11.3 Å². The van der Waals surface area contributed by atoms with Gasteiger partial charge in [-0.1, -0.05) is 30.3 Å². The first kappa shape index (κ1) is 9.27. The molecule has 1 heteroatoms. The van der Waals surface area contributed by atoms with Crippen molar-refractivity contribution in [3.8, 4) is 0 Å². The van der Waals surface area contributed by atoms with Crippen molar-refractivity contribution in [1.29, 1.82) is 0 Å². The highest BCUT2D eigenvalue weighted by Crippen LogP contribution is 2.10. The number of hydrogen-bond acceptors (Lipinski definition) is 1. The van der Waals surface area contributed by atoms with E-state index >= 15 is 0 Å². The normalized spacial score (nSPS) is 11.6. The summed E-state index contributed by atoms with van der Waals surface area (Å²) in [6.45, 7) is 9.92. The number of benzene rings is 1. The number of rotatable bonds is 3. The lowest BCUT2D eigenvalue weighted by molar-refractivity contribution is 0.0241. The third kappa shape index (κ3) is 3.54. The second-order valence-corrected chi connectivity index (χ2v) is 3.22. The lowest BCUT2D eigenvalue weighted by Crippen LogP contribution is -2.19. The van der Waals surface area contributed by atoms with Crippen molar-refractivity contribution in [3.05, 3.63) is 49.7 Å². The summed E-state index contributed by atoms with van der Waals surface area (Å²) in [5.74, 6) is 0. The molecule has 1 aromatic rings. The van der Waals surface area contributed by atoms with Crippen LogP contribution in [0.25, 0.3) is 0 Å². The fraction of sp³-hybridized carbons (Fsp3) is 0.273. The summed E-state index contributed by atoms with van der Waals surface area (Å²) < 4.78 is 5.39. The van der Waals surface area contributed by atoms with Gasteiger partial charge < -0.3 is 4.74 Å². The molecule has 0 amide bonds. The second-order valence-electron chi connectivity index (χ2n) is 3.22. The average Bonchev–Trinajstić information content (AvgIpc) is 2.02. The molecular formula is C11H14O. The van der Waals surface area contributed by atoms with Crippen LogP contribution in [0.15, 0.2) is 30.3 Å². The molecule has 0 N–H and O–H groups in total. The van der Waals surface area contributed by atoms with Crippen LogP contribution in [-0.4, -0.2) is 5.60 Å². The van der Waals surface area contributed by atoms with E-state index in [1.807, 2.05) is 37.3 Å². The molecule has 12 heavy (non-hydrogen) atoms. The van der Waals surface area contributed by atoms with Crippen LogP contribution >= 0.6 is 0 Å². The molecule has 0 atom stereocenters. The summed E-state index contributed by atoms with van der Waals surface area (Å²) in [4.78, 5) is 0. The Morgan fingerprint density at radius 1 is 1.25 bits per heavy atom. The van der Waals surface area contributed by atoms with Gasteiger partial charge in [0.1, 0.15) is 0 Å². The van der Waals surface area contributed by atoms with Gasteiger partial charge in [-0.2, -0.15) is 0 Å². The Balaban J connectivity index is 2.44. The zero-order chi connectivity index (χ0) is 9.03. The minimum atomic E-state index is -0.546. The SMILES string of the molecule is [CH2]C([CH2])(C)OCc1ccccc1. The van der Waals surface area contributed by atoms with Crippen LogP contribution in [0.3, 0.4) is 0 Å². The molecule has 1 aromatic carbocycles. The molecule has 0 fully saturated rings. The van der Waals surface area contributed by atoms with Crippen molar-refractivity contribution in [2.75, 3.05) is 0 Å². The smallest absolute Gasteiger partial charge is 0.0724 e. The van der Waals surface area contributed by atoms with E-state index in [0.717, 1.165) is 5.56 Å². The minimum Gasteiger partial charge on any atom is -0.371 e. The zero-order valence-corrected chi connectivity index (χ0v) is 7.42. The standard InChI is InChI=1S/C11H14O/c1-11(2,3)12-9-10-7-5-4-6-8-10/h4-8H,1-2,9H2,3H3. The van der Waals surface area contributed by atoms with Gasteiger partial charge in [0.25, 0.3) is 0 Å². The highest BCUT2D eigenvalue weighted by Gasteiger charge is 2.09. The Hall–Kier alpha value is -0.820. The first-order valence-corrected chi connectivity index (χ1v) is 3.96. The molecule has 1 rings (SSSR count). The Morgan fingerprint density at radius 3 is 2.33 bits per heavy atom. The molecule has 0 aliphatic heterocycles. The molecule has 64 valence electrons. The van der Waals surface area contributed by atoms with Gasteiger partial charge in [-0.3, -0.25) is 0 Å². The molecule has 0 aliphatic carbocycles. The summed E-state index contributed by atoms with van der Waals surface area (Å²) in [6, 6.07) is 10.00. The third-order valence-electron chi connectivity index (χ3n) is 1.43. The summed E-state index contributed by atoms with van der Waals surface area (Å²) in [5, 5.41) is 0. The van der Waals surface area contributed by atoms with Crippen LogP contribution < -0.4 is 0 Å². The molecule has 0 unspecified atom stereocenters. The molecule has 2 radical (unpaired) electrons. The van der Waals surface area contributed by atoms with Gasteiger partial charge in [0.15, 0.2) is 0 Å². The van der Waals surface area contributed by atoms with E-state index in [1.54, 1.807) is 0 Å². The lowest BCUT2D eigenvalue weighted by atomic mass is 10.2. The largest absolute Gasteiger partial charge is 0.371 e. The van der Waals surface area contributed by atoms with Gasteiger partial charge in [-0.15, -0.1) is 0 Å².